The lowest BCUT2D eigenvalue weighted by Crippen LogP contribution is -2.48. The molecule has 0 aromatic heterocycles. The van der Waals surface area contributed by atoms with Gasteiger partial charge in [0.2, 0.25) is 0 Å². The van der Waals surface area contributed by atoms with Gasteiger partial charge in [-0.05, 0) is 82.0 Å². The maximum absolute atomic E-state index is 13.5. The highest BCUT2D eigenvalue weighted by Crippen LogP contribution is 2.54. The van der Waals surface area contributed by atoms with Crippen molar-refractivity contribution in [2.45, 2.75) is 135 Å². The normalized spacial score (nSPS) is 18.0. The molecule has 0 aliphatic heterocycles. The van der Waals surface area contributed by atoms with Gasteiger partial charge in [0.15, 0.2) is 0 Å². The van der Waals surface area contributed by atoms with Crippen LogP contribution < -0.4 is 0 Å². The molecular weight excluding hydrogens is 400 g/mol. The number of aliphatic carboxylic acids is 1. The minimum absolute atomic E-state index is 0.0352. The Hall–Kier alpha value is -1.06. The summed E-state index contributed by atoms with van der Waals surface area (Å²) in [6.45, 7) is 30.8. The molecule has 0 radical (unpaired) electrons. The summed E-state index contributed by atoms with van der Waals surface area (Å²) in [5.41, 5.74) is -2.93. The van der Waals surface area contributed by atoms with Gasteiger partial charge >= 0.3 is 11.9 Å². The fraction of sp³-hybridized carbons (Fsp3) is 0.929. The van der Waals surface area contributed by atoms with E-state index in [0.717, 1.165) is 19.3 Å². The van der Waals surface area contributed by atoms with E-state index in [1.54, 1.807) is 0 Å². The maximum Gasteiger partial charge on any atom is 0.312 e. The molecule has 0 rings (SSSR count). The summed E-state index contributed by atoms with van der Waals surface area (Å²) < 4.78 is 5.91. The van der Waals surface area contributed by atoms with Gasteiger partial charge in [0.1, 0.15) is 5.60 Å². The van der Waals surface area contributed by atoms with Crippen molar-refractivity contribution in [2.24, 2.45) is 32.5 Å². The monoisotopic (exact) mass is 454 g/mol. The predicted molar refractivity (Wildman–Crippen MR) is 135 cm³/mol. The number of ether oxygens (including phenoxy) is 1. The van der Waals surface area contributed by atoms with Crippen molar-refractivity contribution in [3.05, 3.63) is 0 Å². The highest BCUT2D eigenvalue weighted by Gasteiger charge is 2.52. The molecule has 2 atom stereocenters. The third-order valence-electron chi connectivity index (χ3n) is 7.61. The van der Waals surface area contributed by atoms with Gasteiger partial charge in [-0.2, -0.15) is 0 Å². The Balaban J connectivity index is 5.93. The first-order chi connectivity index (χ1) is 13.7. The van der Waals surface area contributed by atoms with Crippen molar-refractivity contribution < 1.29 is 19.4 Å². The van der Waals surface area contributed by atoms with Crippen LogP contribution in [0.4, 0.5) is 0 Å². The van der Waals surface area contributed by atoms with Gasteiger partial charge in [-0.15, -0.1) is 0 Å². The van der Waals surface area contributed by atoms with E-state index < -0.39 is 22.4 Å². The number of carboxylic acid groups (broad SMARTS) is 1. The molecular formula is C28H54O4. The molecule has 0 saturated heterocycles. The lowest BCUT2D eigenvalue weighted by atomic mass is 9.56. The largest absolute Gasteiger partial charge is 0.481 e. The van der Waals surface area contributed by atoms with Crippen LogP contribution in [-0.2, 0) is 14.3 Å². The Morgan fingerprint density at radius 1 is 0.656 bits per heavy atom. The first-order valence-electron chi connectivity index (χ1n) is 12.2. The number of carbonyl (C=O) groups is 2. The summed E-state index contributed by atoms with van der Waals surface area (Å²) in [5, 5.41) is 10.0. The van der Waals surface area contributed by atoms with E-state index in [2.05, 4.69) is 55.4 Å². The Kier molecular flexibility index (Phi) is 8.99. The van der Waals surface area contributed by atoms with Crippen molar-refractivity contribution in [3.63, 3.8) is 0 Å². The number of hydrogen-bond acceptors (Lipinski definition) is 3. The number of carbonyl (C=O) groups excluding carboxylic acids is 1. The van der Waals surface area contributed by atoms with E-state index in [9.17, 15) is 14.7 Å². The smallest absolute Gasteiger partial charge is 0.312 e. The molecule has 4 heteroatoms. The van der Waals surface area contributed by atoms with Crippen LogP contribution >= 0.6 is 0 Å². The van der Waals surface area contributed by atoms with Crippen LogP contribution in [0.15, 0.2) is 0 Å². The number of rotatable bonds is 9. The molecule has 0 heterocycles. The zero-order valence-corrected chi connectivity index (χ0v) is 24.0. The van der Waals surface area contributed by atoms with Gasteiger partial charge in [-0.25, -0.2) is 0 Å². The zero-order chi connectivity index (χ0) is 26.2. The van der Waals surface area contributed by atoms with E-state index in [1.165, 1.54) is 0 Å². The number of hydrogen-bond donors (Lipinski definition) is 1. The van der Waals surface area contributed by atoms with Gasteiger partial charge < -0.3 is 9.84 Å². The molecule has 4 nitrogen and oxygen atoms in total. The fourth-order valence-electron chi connectivity index (χ4n) is 4.67. The summed E-state index contributed by atoms with van der Waals surface area (Å²) in [4.78, 5) is 25.7. The van der Waals surface area contributed by atoms with E-state index in [-0.39, 0.29) is 27.6 Å². The minimum atomic E-state index is -0.833. The van der Waals surface area contributed by atoms with Crippen LogP contribution in [0, 0.1) is 32.5 Å². The molecule has 190 valence electrons. The molecule has 1 N–H and O–H groups in total. The predicted octanol–water partition coefficient (Wildman–Crippen LogP) is 8.13. The molecule has 0 aliphatic carbocycles. The van der Waals surface area contributed by atoms with Gasteiger partial charge in [-0.3, -0.25) is 9.59 Å². The third kappa shape index (κ3) is 8.06. The molecule has 0 spiro atoms. The number of carboxylic acids is 1. The minimum Gasteiger partial charge on any atom is -0.481 e. The first kappa shape index (κ1) is 30.9. The van der Waals surface area contributed by atoms with Gasteiger partial charge in [0.25, 0.3) is 0 Å². The second-order valence-corrected chi connectivity index (χ2v) is 15.2. The number of esters is 1. The highest BCUT2D eigenvalue weighted by atomic mass is 16.6. The van der Waals surface area contributed by atoms with Crippen LogP contribution in [0.25, 0.3) is 0 Å². The van der Waals surface area contributed by atoms with Crippen molar-refractivity contribution in [1.82, 2.24) is 0 Å². The summed E-state index contributed by atoms with van der Waals surface area (Å²) >= 11 is 0. The Bertz CT molecular complexity index is 667. The van der Waals surface area contributed by atoms with Gasteiger partial charge in [0.05, 0.1) is 10.8 Å². The topological polar surface area (TPSA) is 63.6 Å². The Morgan fingerprint density at radius 2 is 1.09 bits per heavy atom. The molecule has 32 heavy (non-hydrogen) atoms. The van der Waals surface area contributed by atoms with Crippen LogP contribution in [0.1, 0.15) is 130 Å². The van der Waals surface area contributed by atoms with Crippen molar-refractivity contribution in [3.8, 4) is 0 Å². The fourth-order valence-corrected chi connectivity index (χ4v) is 4.67. The molecule has 0 bridgehead atoms. The van der Waals surface area contributed by atoms with Gasteiger partial charge in [-0.1, -0.05) is 69.2 Å². The van der Waals surface area contributed by atoms with Crippen molar-refractivity contribution in [1.29, 1.82) is 0 Å². The zero-order valence-electron chi connectivity index (χ0n) is 24.0. The SMILES string of the molecule is CC(C)(C)CC(C)(C(=O)OC(C)(C)C)C(C)(C)CCC(C)(C)CC(C)(C(=O)O)C(C)(C)C. The molecule has 0 fully saturated rings. The average molecular weight is 455 g/mol. The second-order valence-electron chi connectivity index (χ2n) is 15.2. The molecule has 0 amide bonds. The molecule has 0 aliphatic rings. The lowest BCUT2D eigenvalue weighted by Gasteiger charge is -2.48. The third-order valence-corrected chi connectivity index (χ3v) is 7.61. The Morgan fingerprint density at radius 3 is 1.41 bits per heavy atom. The summed E-state index contributed by atoms with van der Waals surface area (Å²) in [6, 6.07) is 0. The molecule has 0 aromatic carbocycles. The van der Waals surface area contributed by atoms with E-state index in [4.69, 9.17) is 4.74 Å². The molecule has 0 aromatic rings. The molecule has 0 saturated carbocycles. The Labute approximate surface area is 199 Å². The standard InChI is InChI=1S/C28H54O4/c1-22(2,3)18-28(15,21(31)32-24(7,8)9)26(12,13)17-16-25(10,11)19-27(14,20(29)30)23(4,5)6/h16-19H2,1-15H3,(H,29,30). The van der Waals surface area contributed by atoms with Gasteiger partial charge in [0, 0.05) is 0 Å². The van der Waals surface area contributed by atoms with Crippen molar-refractivity contribution in [2.75, 3.05) is 0 Å². The van der Waals surface area contributed by atoms with Crippen LogP contribution in [0.2, 0.25) is 0 Å². The van der Waals surface area contributed by atoms with Crippen molar-refractivity contribution >= 4 is 11.9 Å². The summed E-state index contributed by atoms with van der Waals surface area (Å²) in [6.07, 6.45) is 2.95. The molecule has 2 unspecified atom stereocenters. The lowest BCUT2D eigenvalue weighted by molar-refractivity contribution is -0.178. The maximum atomic E-state index is 13.5. The summed E-state index contributed by atoms with van der Waals surface area (Å²) in [7, 11) is 0. The average Bonchev–Trinajstić information content (AvgIpc) is 2.48. The highest BCUT2D eigenvalue weighted by molar-refractivity contribution is 5.78. The van der Waals surface area contributed by atoms with E-state index in [1.807, 2.05) is 48.5 Å². The summed E-state index contributed by atoms with van der Waals surface area (Å²) in [5.74, 6) is -0.892. The van der Waals surface area contributed by atoms with Crippen LogP contribution in [0.5, 0.6) is 0 Å². The van der Waals surface area contributed by atoms with E-state index >= 15 is 0 Å². The second kappa shape index (κ2) is 9.29. The quantitative estimate of drug-likeness (QED) is 0.357. The first-order valence-corrected chi connectivity index (χ1v) is 12.2. The van der Waals surface area contributed by atoms with E-state index in [0.29, 0.717) is 6.42 Å². The van der Waals surface area contributed by atoms with Crippen LogP contribution in [-0.4, -0.2) is 22.6 Å². The van der Waals surface area contributed by atoms with Crippen LogP contribution in [0.3, 0.4) is 0 Å².